The van der Waals surface area contributed by atoms with Gasteiger partial charge >= 0.3 is 0 Å². The molecule has 0 N–H and O–H groups in total. The van der Waals surface area contributed by atoms with Crippen LogP contribution < -0.4 is 0 Å². The zero-order chi connectivity index (χ0) is 25.4. The first-order valence-electron chi connectivity index (χ1n) is 11.8. The molecule has 4 heteroatoms. The second kappa shape index (κ2) is 11.3. The van der Waals surface area contributed by atoms with Crippen LogP contribution in [0.4, 0.5) is 0 Å². The number of aromatic nitrogens is 4. The third kappa shape index (κ3) is 8.33. The Hall–Kier alpha value is -3.14. The fourth-order valence-electron chi connectivity index (χ4n) is 3.34. The molecule has 34 heavy (non-hydrogen) atoms. The molecule has 0 aliphatic carbocycles. The van der Waals surface area contributed by atoms with Crippen molar-refractivity contribution in [1.82, 2.24) is 19.9 Å². The topological polar surface area (TPSA) is 51.6 Å². The van der Waals surface area contributed by atoms with Gasteiger partial charge in [-0.1, -0.05) is 80.5 Å². The van der Waals surface area contributed by atoms with E-state index in [0.29, 0.717) is 0 Å². The van der Waals surface area contributed by atoms with Crippen molar-refractivity contribution >= 4 is 10.9 Å². The van der Waals surface area contributed by atoms with Crippen molar-refractivity contribution in [2.24, 2.45) is 0 Å². The third-order valence-corrected chi connectivity index (χ3v) is 5.35. The van der Waals surface area contributed by atoms with Gasteiger partial charge in [0.1, 0.15) is 6.33 Å². The van der Waals surface area contributed by atoms with E-state index in [9.17, 15) is 0 Å². The van der Waals surface area contributed by atoms with Crippen molar-refractivity contribution in [2.45, 2.75) is 78.6 Å². The van der Waals surface area contributed by atoms with E-state index in [-0.39, 0.29) is 16.2 Å². The fraction of sp³-hybridized carbons (Fsp3) is 0.400. The van der Waals surface area contributed by atoms with Crippen LogP contribution in [-0.2, 0) is 16.2 Å². The van der Waals surface area contributed by atoms with E-state index in [1.807, 2.05) is 30.7 Å². The molecule has 0 aliphatic heterocycles. The molecule has 0 unspecified atom stereocenters. The molecule has 4 nitrogen and oxygen atoms in total. The van der Waals surface area contributed by atoms with Crippen LogP contribution in [0, 0.1) is 0 Å². The van der Waals surface area contributed by atoms with Gasteiger partial charge in [-0.3, -0.25) is 9.97 Å². The van der Waals surface area contributed by atoms with Gasteiger partial charge in [0.2, 0.25) is 0 Å². The largest absolute Gasteiger partial charge is 0.265 e. The van der Waals surface area contributed by atoms with Crippen LogP contribution in [0.5, 0.6) is 0 Å². The molecule has 0 saturated carbocycles. The SMILES string of the molecule is CC(C)(C)c1ccnc2ccccc12.CC(C)(C)c1ccncc1.CC(C)(C)c1ccncn1. The standard InChI is InChI=1S/C13H15N.C9H13N.C8H12N2/c1-13(2,3)11-8-9-14-12-7-5-4-6-10(11)12;1-9(2,3)8-4-6-10-7-5-8;1-8(2,3)7-4-5-9-6-10-7/h4-9H,1-3H3;4-7H,1-3H3;4-6H,1-3H3. The van der Waals surface area contributed by atoms with E-state index in [0.717, 1.165) is 11.2 Å². The summed E-state index contributed by atoms with van der Waals surface area (Å²) in [6, 6.07) is 16.5. The molecule has 0 spiro atoms. The number of hydrogen-bond acceptors (Lipinski definition) is 4. The summed E-state index contributed by atoms with van der Waals surface area (Å²) in [4.78, 5) is 16.3. The monoisotopic (exact) mass is 456 g/mol. The van der Waals surface area contributed by atoms with Crippen LogP contribution in [0.3, 0.4) is 0 Å². The molecule has 4 aromatic rings. The van der Waals surface area contributed by atoms with Crippen molar-refractivity contribution in [3.63, 3.8) is 0 Å². The molecule has 0 aliphatic rings. The summed E-state index contributed by atoms with van der Waals surface area (Å²) >= 11 is 0. The Balaban J connectivity index is 0.000000185. The van der Waals surface area contributed by atoms with Gasteiger partial charge in [0.25, 0.3) is 0 Å². The van der Waals surface area contributed by atoms with Crippen LogP contribution in [0.2, 0.25) is 0 Å². The average molecular weight is 457 g/mol. The van der Waals surface area contributed by atoms with E-state index >= 15 is 0 Å². The molecule has 0 atom stereocenters. The number of hydrogen-bond donors (Lipinski definition) is 0. The first-order valence-corrected chi connectivity index (χ1v) is 11.8. The Bertz CT molecular complexity index is 1080. The van der Waals surface area contributed by atoms with Crippen molar-refractivity contribution < 1.29 is 0 Å². The number of benzene rings is 1. The molecule has 0 amide bonds. The van der Waals surface area contributed by atoms with E-state index in [2.05, 4.69) is 119 Å². The Labute approximate surface area is 205 Å². The molecular formula is C30H40N4. The summed E-state index contributed by atoms with van der Waals surface area (Å²) in [7, 11) is 0. The molecule has 0 bridgehead atoms. The number of nitrogens with zero attached hydrogens (tertiary/aromatic N) is 4. The summed E-state index contributed by atoms with van der Waals surface area (Å²) in [6.07, 6.45) is 8.91. The lowest BCUT2D eigenvalue weighted by Crippen LogP contribution is -2.12. The Morgan fingerprint density at radius 1 is 0.529 bits per heavy atom. The van der Waals surface area contributed by atoms with Crippen LogP contribution in [0.15, 0.2) is 79.6 Å². The minimum Gasteiger partial charge on any atom is -0.265 e. The highest BCUT2D eigenvalue weighted by Gasteiger charge is 2.16. The zero-order valence-corrected chi connectivity index (χ0v) is 22.3. The maximum absolute atomic E-state index is 4.36. The fourth-order valence-corrected chi connectivity index (χ4v) is 3.34. The number of rotatable bonds is 0. The van der Waals surface area contributed by atoms with Gasteiger partial charge in [-0.25, -0.2) is 9.97 Å². The van der Waals surface area contributed by atoms with Gasteiger partial charge < -0.3 is 0 Å². The van der Waals surface area contributed by atoms with E-state index in [1.165, 1.54) is 16.5 Å². The summed E-state index contributed by atoms with van der Waals surface area (Å²) in [5, 5.41) is 1.27. The molecule has 3 heterocycles. The molecule has 4 rings (SSSR count). The maximum atomic E-state index is 4.36. The molecular weight excluding hydrogens is 416 g/mol. The predicted octanol–water partition coefficient (Wildman–Crippen LogP) is 7.69. The normalized spacial score (nSPS) is 11.7. The molecule has 0 saturated heterocycles. The highest BCUT2D eigenvalue weighted by Crippen LogP contribution is 2.28. The Morgan fingerprint density at radius 2 is 1.15 bits per heavy atom. The molecule has 0 radical (unpaired) electrons. The van der Waals surface area contributed by atoms with Crippen molar-refractivity contribution in [2.75, 3.05) is 0 Å². The number of pyridine rings is 2. The summed E-state index contributed by atoms with van der Waals surface area (Å²) in [5.41, 5.74) is 5.45. The summed E-state index contributed by atoms with van der Waals surface area (Å²) in [6.45, 7) is 19.7. The van der Waals surface area contributed by atoms with Crippen LogP contribution in [0.25, 0.3) is 10.9 Å². The van der Waals surface area contributed by atoms with Crippen molar-refractivity contribution in [3.05, 3.63) is 96.5 Å². The highest BCUT2D eigenvalue weighted by atomic mass is 14.8. The van der Waals surface area contributed by atoms with Gasteiger partial charge in [0, 0.05) is 41.3 Å². The van der Waals surface area contributed by atoms with Crippen molar-refractivity contribution in [3.8, 4) is 0 Å². The Kier molecular flexibility index (Phi) is 9.03. The summed E-state index contributed by atoms with van der Waals surface area (Å²) in [5.74, 6) is 0. The van der Waals surface area contributed by atoms with Gasteiger partial charge in [-0.15, -0.1) is 0 Å². The molecule has 0 fully saturated rings. The molecule has 1 aromatic carbocycles. The smallest absolute Gasteiger partial charge is 0.115 e. The van der Waals surface area contributed by atoms with E-state index in [1.54, 1.807) is 12.5 Å². The van der Waals surface area contributed by atoms with E-state index in [4.69, 9.17) is 0 Å². The minimum absolute atomic E-state index is 0.142. The predicted molar refractivity (Wildman–Crippen MR) is 144 cm³/mol. The lowest BCUT2D eigenvalue weighted by molar-refractivity contribution is 0.567. The highest BCUT2D eigenvalue weighted by molar-refractivity contribution is 5.82. The lowest BCUT2D eigenvalue weighted by Gasteiger charge is -2.20. The quantitative estimate of drug-likeness (QED) is 0.272. The Morgan fingerprint density at radius 3 is 1.62 bits per heavy atom. The van der Waals surface area contributed by atoms with Gasteiger partial charge in [0.15, 0.2) is 0 Å². The van der Waals surface area contributed by atoms with Gasteiger partial charge in [-0.05, 0) is 52.3 Å². The summed E-state index contributed by atoms with van der Waals surface area (Å²) < 4.78 is 0. The first kappa shape index (κ1) is 27.1. The van der Waals surface area contributed by atoms with Crippen molar-refractivity contribution in [1.29, 1.82) is 0 Å². The van der Waals surface area contributed by atoms with E-state index < -0.39 is 0 Å². The van der Waals surface area contributed by atoms with Gasteiger partial charge in [-0.2, -0.15) is 0 Å². The maximum Gasteiger partial charge on any atom is 0.115 e. The van der Waals surface area contributed by atoms with Crippen LogP contribution in [0.1, 0.15) is 79.1 Å². The number of para-hydroxylation sites is 1. The van der Waals surface area contributed by atoms with Crippen LogP contribution in [-0.4, -0.2) is 19.9 Å². The second-order valence-electron chi connectivity index (χ2n) is 11.5. The average Bonchev–Trinajstić information content (AvgIpc) is 2.79. The van der Waals surface area contributed by atoms with Crippen LogP contribution >= 0.6 is 0 Å². The first-order chi connectivity index (χ1) is 15.8. The minimum atomic E-state index is 0.142. The second-order valence-corrected chi connectivity index (χ2v) is 11.5. The van der Waals surface area contributed by atoms with Gasteiger partial charge in [0.05, 0.1) is 5.52 Å². The molecule has 180 valence electrons. The lowest BCUT2D eigenvalue weighted by atomic mass is 9.85. The third-order valence-electron chi connectivity index (χ3n) is 5.35. The number of fused-ring (bicyclic) bond motifs is 1. The molecule has 3 aromatic heterocycles. The zero-order valence-electron chi connectivity index (χ0n) is 22.3.